The Hall–Kier alpha value is -1.03. The Kier molecular flexibility index (Phi) is 5.86. The quantitative estimate of drug-likeness (QED) is 0.323. The zero-order valence-corrected chi connectivity index (χ0v) is 10.5. The average Bonchev–Trinajstić information content (AvgIpc) is 2.39. The molecule has 10 radical (unpaired) electrons. The van der Waals surface area contributed by atoms with Crippen molar-refractivity contribution >= 4 is 72.5 Å². The Bertz CT molecular complexity index is 461. The van der Waals surface area contributed by atoms with Crippen LogP contribution < -0.4 is 27.3 Å². The normalized spacial score (nSPS) is 10.4. The molecule has 3 nitrogen and oxygen atoms in total. The highest BCUT2D eigenvalue weighted by molar-refractivity contribution is 6.68. The minimum Gasteiger partial charge on any atom is -0.462 e. The number of aliphatic hydroxyl groups excluding tert-OH is 1. The van der Waals surface area contributed by atoms with Crippen molar-refractivity contribution < 1.29 is 14.6 Å². The van der Waals surface area contributed by atoms with E-state index in [1.165, 1.54) is 0 Å². The van der Waals surface area contributed by atoms with Crippen LogP contribution in [0.1, 0.15) is 23.2 Å². The number of carbonyl (C=O) groups excluding carboxylic acids is 1. The van der Waals surface area contributed by atoms with Crippen LogP contribution in [-0.2, 0) is 4.74 Å². The van der Waals surface area contributed by atoms with Gasteiger partial charge in [-0.3, -0.25) is 0 Å². The molecule has 0 fully saturated rings. The van der Waals surface area contributed by atoms with E-state index in [1.807, 2.05) is 0 Å². The Morgan fingerprint density at radius 1 is 0.895 bits per heavy atom. The fourth-order valence-corrected chi connectivity index (χ4v) is 1.52. The molecular weight excluding hydrogens is 234 g/mol. The number of esters is 1. The van der Waals surface area contributed by atoms with Crippen LogP contribution in [0.2, 0.25) is 0 Å². The van der Waals surface area contributed by atoms with Gasteiger partial charge in [0, 0.05) is 12.2 Å². The lowest BCUT2D eigenvalue weighted by Gasteiger charge is -2.19. The first-order valence-corrected chi connectivity index (χ1v) is 5.71. The summed E-state index contributed by atoms with van der Waals surface area (Å²) in [5, 5.41) is 8.61. The molecule has 0 aliphatic carbocycles. The first-order valence-electron chi connectivity index (χ1n) is 5.71. The van der Waals surface area contributed by atoms with E-state index in [0.717, 1.165) is 0 Å². The average molecular weight is 243 g/mol. The third-order valence-electron chi connectivity index (χ3n) is 2.69. The maximum absolute atomic E-state index is 11.9. The van der Waals surface area contributed by atoms with E-state index in [4.69, 9.17) is 49.1 Å². The van der Waals surface area contributed by atoms with Gasteiger partial charge in [0.1, 0.15) is 39.2 Å². The molecule has 1 rings (SSSR count). The SMILES string of the molecule is [B]c1c([B])c([B])c(C(=O)OCCCCO)c([B])c1[B]. The molecule has 0 unspecified atom stereocenters. The summed E-state index contributed by atoms with van der Waals surface area (Å²) in [6, 6.07) is 0. The Labute approximate surface area is 119 Å². The molecule has 1 aromatic carbocycles. The lowest BCUT2D eigenvalue weighted by molar-refractivity contribution is 0.0496. The zero-order valence-electron chi connectivity index (χ0n) is 10.5. The van der Waals surface area contributed by atoms with E-state index in [1.54, 1.807) is 0 Å². The summed E-state index contributed by atoms with van der Waals surface area (Å²) in [6.07, 6.45) is 1.06. The second-order valence-corrected chi connectivity index (χ2v) is 4.01. The lowest BCUT2D eigenvalue weighted by Crippen LogP contribution is -2.57. The van der Waals surface area contributed by atoms with Gasteiger partial charge >= 0.3 is 5.97 Å². The first kappa shape index (κ1) is 16.0. The Morgan fingerprint density at radius 2 is 1.37 bits per heavy atom. The number of unbranched alkanes of at least 4 members (excludes halogenated alkanes) is 1. The Balaban J connectivity index is 2.97. The molecule has 86 valence electrons. The third kappa shape index (κ3) is 3.50. The van der Waals surface area contributed by atoms with Crippen LogP contribution in [0.5, 0.6) is 0 Å². The summed E-state index contributed by atoms with van der Waals surface area (Å²) in [7, 11) is 28.3. The molecule has 1 aromatic rings. The number of carbonyl (C=O) groups is 1. The van der Waals surface area contributed by atoms with Gasteiger partial charge in [-0.05, 0) is 12.8 Å². The van der Waals surface area contributed by atoms with Crippen LogP contribution >= 0.6 is 0 Å². The molecule has 0 saturated carbocycles. The summed E-state index contributed by atoms with van der Waals surface area (Å²) in [5.74, 6) is -0.716. The minimum absolute atomic E-state index is 0.00834. The number of hydrogen-bond acceptors (Lipinski definition) is 3. The molecule has 0 spiro atoms. The van der Waals surface area contributed by atoms with Crippen molar-refractivity contribution in [1.82, 2.24) is 0 Å². The molecule has 0 atom stereocenters. The van der Waals surface area contributed by atoms with Crippen LogP contribution in [0.25, 0.3) is 0 Å². The summed E-state index contributed by atoms with van der Waals surface area (Å²) in [6.45, 7) is 0.173. The maximum atomic E-state index is 11.9. The highest BCUT2D eigenvalue weighted by atomic mass is 16.5. The van der Waals surface area contributed by atoms with Gasteiger partial charge in [0.05, 0.1) is 6.61 Å². The van der Waals surface area contributed by atoms with Gasteiger partial charge in [0.2, 0.25) is 0 Å². The van der Waals surface area contributed by atoms with E-state index in [0.29, 0.717) is 12.8 Å². The molecule has 0 saturated heterocycles. The highest BCUT2D eigenvalue weighted by Gasteiger charge is 2.17. The van der Waals surface area contributed by atoms with E-state index in [-0.39, 0.29) is 46.1 Å². The van der Waals surface area contributed by atoms with Gasteiger partial charge in [-0.2, -0.15) is 0 Å². The van der Waals surface area contributed by atoms with E-state index < -0.39 is 5.97 Å². The second-order valence-electron chi connectivity index (χ2n) is 4.01. The third-order valence-corrected chi connectivity index (χ3v) is 2.69. The fourth-order valence-electron chi connectivity index (χ4n) is 1.52. The van der Waals surface area contributed by atoms with E-state index in [2.05, 4.69) is 0 Å². The second kappa shape index (κ2) is 6.94. The highest BCUT2D eigenvalue weighted by Crippen LogP contribution is 1.95. The number of benzene rings is 1. The van der Waals surface area contributed by atoms with Crippen molar-refractivity contribution in [1.29, 1.82) is 0 Å². The Morgan fingerprint density at radius 3 is 1.84 bits per heavy atom. The van der Waals surface area contributed by atoms with Crippen molar-refractivity contribution in [2.75, 3.05) is 13.2 Å². The van der Waals surface area contributed by atoms with Gasteiger partial charge in [-0.15, -0.1) is 16.4 Å². The summed E-state index contributed by atoms with van der Waals surface area (Å²) >= 11 is 0. The van der Waals surface area contributed by atoms with Crippen LogP contribution in [0.3, 0.4) is 0 Å². The predicted octanol–water partition coefficient (Wildman–Crippen LogP) is -4.42. The zero-order chi connectivity index (χ0) is 14.6. The van der Waals surface area contributed by atoms with Gasteiger partial charge < -0.3 is 9.84 Å². The monoisotopic (exact) mass is 244 g/mol. The van der Waals surface area contributed by atoms with Gasteiger partial charge in [0.25, 0.3) is 0 Å². The van der Waals surface area contributed by atoms with Crippen molar-refractivity contribution in [2.24, 2.45) is 0 Å². The fraction of sp³-hybridized carbons (Fsp3) is 0.364. The van der Waals surface area contributed by atoms with Crippen molar-refractivity contribution in [3.05, 3.63) is 5.56 Å². The molecule has 0 aliphatic rings. The molecule has 0 heterocycles. The molecule has 0 aromatic heterocycles. The number of hydrogen-bond donors (Lipinski definition) is 1. The van der Waals surface area contributed by atoms with Gasteiger partial charge in [-0.1, -0.05) is 10.9 Å². The lowest BCUT2D eigenvalue weighted by atomic mass is 9.60. The molecule has 0 aliphatic heterocycles. The summed E-state index contributed by atoms with van der Waals surface area (Å²) in [4.78, 5) is 11.9. The van der Waals surface area contributed by atoms with Crippen LogP contribution in [0, 0.1) is 0 Å². The van der Waals surface area contributed by atoms with Crippen LogP contribution in [-0.4, -0.2) is 63.5 Å². The van der Waals surface area contributed by atoms with Crippen molar-refractivity contribution in [2.45, 2.75) is 12.8 Å². The minimum atomic E-state index is -0.716. The summed E-state index contributed by atoms with van der Waals surface area (Å²) < 4.78 is 4.98. The molecule has 1 N–H and O–H groups in total. The largest absolute Gasteiger partial charge is 0.462 e. The summed E-state index contributed by atoms with van der Waals surface area (Å²) in [5.41, 5.74) is -0.101. The maximum Gasteiger partial charge on any atom is 0.336 e. The van der Waals surface area contributed by atoms with Crippen LogP contribution in [0.15, 0.2) is 0 Å². The van der Waals surface area contributed by atoms with Gasteiger partial charge in [-0.25, -0.2) is 4.79 Å². The molecular formula is C11H9B5O3. The number of ether oxygens (including phenoxy) is 1. The van der Waals surface area contributed by atoms with Gasteiger partial charge in [0.15, 0.2) is 0 Å². The number of rotatable bonds is 5. The topological polar surface area (TPSA) is 46.5 Å². The van der Waals surface area contributed by atoms with E-state index >= 15 is 0 Å². The molecule has 0 amide bonds. The van der Waals surface area contributed by atoms with Crippen molar-refractivity contribution in [3.63, 3.8) is 0 Å². The van der Waals surface area contributed by atoms with E-state index in [9.17, 15) is 4.79 Å². The molecule has 8 heteroatoms. The predicted molar refractivity (Wildman–Crippen MR) is 80.0 cm³/mol. The number of aliphatic hydroxyl groups is 1. The van der Waals surface area contributed by atoms with Crippen LogP contribution in [0.4, 0.5) is 0 Å². The smallest absolute Gasteiger partial charge is 0.336 e. The first-order chi connectivity index (χ1) is 8.91. The molecule has 19 heavy (non-hydrogen) atoms. The molecule has 0 bridgehead atoms. The van der Waals surface area contributed by atoms with Crippen molar-refractivity contribution in [3.8, 4) is 0 Å². The standard InChI is InChI=1S/C11H9B5O3/c12-6-5(11(18)19-4-2-1-3-17)7(13)9(15)10(16)8(6)14/h17H,1-4H2.